The average molecular weight is 269 g/mol. The number of benzene rings is 1. The van der Waals surface area contributed by atoms with Crippen molar-refractivity contribution >= 4 is 17.6 Å². The van der Waals surface area contributed by atoms with Crippen molar-refractivity contribution in [3.8, 4) is 0 Å². The van der Waals surface area contributed by atoms with Crippen LogP contribution in [0.4, 0.5) is 0 Å². The van der Waals surface area contributed by atoms with Gasteiger partial charge in [0.05, 0.1) is 12.5 Å². The van der Waals surface area contributed by atoms with Crippen molar-refractivity contribution in [1.82, 2.24) is 0 Å². The van der Waals surface area contributed by atoms with E-state index in [4.69, 9.17) is 11.6 Å². The molecule has 18 heavy (non-hydrogen) atoms. The van der Waals surface area contributed by atoms with Gasteiger partial charge in [-0.25, -0.2) is 0 Å². The van der Waals surface area contributed by atoms with Crippen molar-refractivity contribution in [2.75, 3.05) is 7.11 Å². The fourth-order valence-electron chi connectivity index (χ4n) is 1.85. The van der Waals surface area contributed by atoms with Gasteiger partial charge in [-0.2, -0.15) is 0 Å². The van der Waals surface area contributed by atoms with E-state index in [0.717, 1.165) is 25.7 Å². The van der Waals surface area contributed by atoms with Gasteiger partial charge < -0.3 is 4.74 Å². The lowest BCUT2D eigenvalue weighted by molar-refractivity contribution is -0.140. The van der Waals surface area contributed by atoms with Crippen LogP contribution in [0.2, 0.25) is 0 Å². The zero-order chi connectivity index (χ0) is 13.4. The fraction of sp³-hybridized carbons (Fsp3) is 0.533. The van der Waals surface area contributed by atoms with Gasteiger partial charge in [0, 0.05) is 6.42 Å². The van der Waals surface area contributed by atoms with Gasteiger partial charge in [0.15, 0.2) is 0 Å². The number of carbonyl (C=O) groups is 1. The van der Waals surface area contributed by atoms with Crippen LogP contribution in [-0.2, 0) is 16.0 Å². The minimum absolute atomic E-state index is 0.110. The molecular weight excluding hydrogens is 248 g/mol. The Hall–Kier alpha value is -1.02. The summed E-state index contributed by atoms with van der Waals surface area (Å²) in [5, 5.41) is 0.110. The van der Waals surface area contributed by atoms with Gasteiger partial charge in [0.1, 0.15) is 0 Å². The minimum Gasteiger partial charge on any atom is -0.469 e. The van der Waals surface area contributed by atoms with E-state index in [1.807, 2.05) is 0 Å². The second-order valence-corrected chi connectivity index (χ2v) is 4.95. The molecule has 3 heteroatoms. The van der Waals surface area contributed by atoms with E-state index in [-0.39, 0.29) is 11.3 Å². The van der Waals surface area contributed by atoms with E-state index in [1.165, 1.54) is 18.2 Å². The summed E-state index contributed by atoms with van der Waals surface area (Å²) in [6.45, 7) is 2.14. The number of rotatable bonds is 7. The summed E-state index contributed by atoms with van der Waals surface area (Å²) in [7, 11) is 1.42. The molecule has 1 atom stereocenters. The smallest absolute Gasteiger partial charge is 0.305 e. The van der Waals surface area contributed by atoms with Crippen LogP contribution in [-0.4, -0.2) is 13.1 Å². The Kier molecular flexibility index (Phi) is 6.81. The number of aryl methyl sites for hydroxylation is 1. The third-order valence-electron chi connectivity index (χ3n) is 2.96. The second kappa shape index (κ2) is 8.15. The Bertz CT molecular complexity index is 359. The van der Waals surface area contributed by atoms with E-state index < -0.39 is 0 Å². The van der Waals surface area contributed by atoms with Gasteiger partial charge in [-0.1, -0.05) is 37.6 Å². The quantitative estimate of drug-likeness (QED) is 0.545. The summed E-state index contributed by atoms with van der Waals surface area (Å²) in [5.41, 5.74) is 2.42. The Labute approximate surface area is 114 Å². The molecule has 0 spiro atoms. The van der Waals surface area contributed by atoms with Crippen LogP contribution < -0.4 is 0 Å². The maximum absolute atomic E-state index is 11.0. The molecule has 0 amide bonds. The van der Waals surface area contributed by atoms with E-state index in [1.54, 1.807) is 0 Å². The van der Waals surface area contributed by atoms with Gasteiger partial charge in [-0.15, -0.1) is 11.6 Å². The first-order valence-electron chi connectivity index (χ1n) is 6.47. The summed E-state index contributed by atoms with van der Waals surface area (Å²) in [6.07, 6.45) is 4.30. The van der Waals surface area contributed by atoms with E-state index in [9.17, 15) is 4.79 Å². The molecule has 0 heterocycles. The maximum Gasteiger partial charge on any atom is 0.305 e. The van der Waals surface area contributed by atoms with Crippen LogP contribution in [0.1, 0.15) is 49.1 Å². The Morgan fingerprint density at radius 1 is 1.33 bits per heavy atom. The van der Waals surface area contributed by atoms with Crippen LogP contribution >= 0.6 is 11.6 Å². The molecule has 0 bridgehead atoms. The molecule has 0 saturated carbocycles. The zero-order valence-corrected chi connectivity index (χ0v) is 11.9. The topological polar surface area (TPSA) is 26.3 Å². The fourth-order valence-corrected chi connectivity index (χ4v) is 2.22. The van der Waals surface area contributed by atoms with E-state index >= 15 is 0 Å². The van der Waals surface area contributed by atoms with Crippen LogP contribution in [0.5, 0.6) is 0 Å². The van der Waals surface area contributed by atoms with Crippen LogP contribution in [0.3, 0.4) is 0 Å². The molecule has 0 aliphatic carbocycles. The molecule has 1 unspecified atom stereocenters. The third kappa shape index (κ3) is 5.09. The van der Waals surface area contributed by atoms with Crippen molar-refractivity contribution in [2.24, 2.45) is 0 Å². The molecule has 1 rings (SSSR count). The van der Waals surface area contributed by atoms with Crippen molar-refractivity contribution in [3.63, 3.8) is 0 Å². The summed E-state index contributed by atoms with van der Waals surface area (Å²) in [4.78, 5) is 11.0. The van der Waals surface area contributed by atoms with Crippen molar-refractivity contribution in [1.29, 1.82) is 0 Å². The molecule has 0 aromatic heterocycles. The van der Waals surface area contributed by atoms with Crippen LogP contribution in [0.25, 0.3) is 0 Å². The lowest BCUT2D eigenvalue weighted by Gasteiger charge is -2.09. The van der Waals surface area contributed by atoms with Crippen molar-refractivity contribution in [3.05, 3.63) is 35.4 Å². The molecular formula is C15H21ClO2. The average Bonchev–Trinajstić information content (AvgIpc) is 2.39. The first-order valence-corrected chi connectivity index (χ1v) is 6.90. The van der Waals surface area contributed by atoms with Crippen molar-refractivity contribution in [2.45, 2.75) is 44.4 Å². The Balaban J connectivity index is 2.42. The number of hydrogen-bond acceptors (Lipinski definition) is 2. The summed E-state index contributed by atoms with van der Waals surface area (Å²) < 4.78 is 4.61. The predicted molar refractivity (Wildman–Crippen MR) is 74.9 cm³/mol. The Morgan fingerprint density at radius 3 is 2.56 bits per heavy atom. The molecule has 100 valence electrons. The van der Waals surface area contributed by atoms with Gasteiger partial charge in [-0.3, -0.25) is 4.79 Å². The highest BCUT2D eigenvalue weighted by molar-refractivity contribution is 6.20. The number of methoxy groups -OCH3 is 1. The molecule has 1 aromatic rings. The number of hydrogen-bond donors (Lipinski definition) is 0. The lowest BCUT2D eigenvalue weighted by Crippen LogP contribution is -2.00. The highest BCUT2D eigenvalue weighted by Crippen LogP contribution is 2.25. The maximum atomic E-state index is 11.0. The minimum atomic E-state index is -0.143. The summed E-state index contributed by atoms with van der Waals surface area (Å²) in [5.74, 6) is -0.143. The molecule has 0 N–H and O–H groups in total. The first kappa shape index (κ1) is 15.0. The van der Waals surface area contributed by atoms with Gasteiger partial charge in [0.25, 0.3) is 0 Å². The molecule has 0 saturated heterocycles. The summed E-state index contributed by atoms with van der Waals surface area (Å²) >= 11 is 6.26. The predicted octanol–water partition coefficient (Wildman–Crippen LogP) is 4.26. The third-order valence-corrected chi connectivity index (χ3v) is 3.43. The first-order chi connectivity index (χ1) is 8.67. The zero-order valence-electron chi connectivity index (χ0n) is 11.1. The standard InChI is InChI=1S/C15H21ClO2/c1-3-5-14(16)13-10-8-12(9-11-13)6-4-7-15(17)18-2/h8-11,14H,3-7H2,1-2H3. The lowest BCUT2D eigenvalue weighted by atomic mass is 10.0. The van der Waals surface area contributed by atoms with Crippen LogP contribution in [0.15, 0.2) is 24.3 Å². The number of halogens is 1. The van der Waals surface area contributed by atoms with E-state index in [2.05, 4.69) is 35.9 Å². The highest BCUT2D eigenvalue weighted by atomic mass is 35.5. The number of carbonyl (C=O) groups excluding carboxylic acids is 1. The number of ether oxygens (including phenoxy) is 1. The van der Waals surface area contributed by atoms with Gasteiger partial charge in [-0.05, 0) is 30.4 Å². The molecule has 1 aromatic carbocycles. The molecule has 0 aliphatic rings. The molecule has 0 aliphatic heterocycles. The van der Waals surface area contributed by atoms with Gasteiger partial charge in [0.2, 0.25) is 0 Å². The van der Waals surface area contributed by atoms with Gasteiger partial charge >= 0.3 is 5.97 Å². The van der Waals surface area contributed by atoms with Crippen molar-refractivity contribution < 1.29 is 9.53 Å². The molecule has 0 fully saturated rings. The summed E-state index contributed by atoms with van der Waals surface area (Å²) in [6, 6.07) is 8.36. The molecule has 0 radical (unpaired) electrons. The molecule has 2 nitrogen and oxygen atoms in total. The highest BCUT2D eigenvalue weighted by Gasteiger charge is 2.06. The normalized spacial score (nSPS) is 12.2. The van der Waals surface area contributed by atoms with Crippen LogP contribution in [0, 0.1) is 0 Å². The largest absolute Gasteiger partial charge is 0.469 e. The SMILES string of the molecule is CCCC(Cl)c1ccc(CCCC(=O)OC)cc1. The Morgan fingerprint density at radius 2 is 2.00 bits per heavy atom. The number of esters is 1. The number of alkyl halides is 1. The monoisotopic (exact) mass is 268 g/mol. The van der Waals surface area contributed by atoms with E-state index in [0.29, 0.717) is 6.42 Å². The second-order valence-electron chi connectivity index (χ2n) is 4.43.